The molecule has 1 aromatic heterocycles. The van der Waals surface area contributed by atoms with Gasteiger partial charge in [0.05, 0.1) is 6.26 Å². The summed E-state index contributed by atoms with van der Waals surface area (Å²) in [5.41, 5.74) is 0. The Hall–Kier alpha value is -1.95. The van der Waals surface area contributed by atoms with Crippen LogP contribution < -0.4 is 0 Å². The highest BCUT2D eigenvalue weighted by Crippen LogP contribution is 2.09. The minimum Gasteiger partial charge on any atom is -0.475 e. The number of carbonyl (C=O) groups is 3. The lowest BCUT2D eigenvalue weighted by Crippen LogP contribution is -2.09. The average Bonchev–Trinajstić information content (AvgIpc) is 2.70. The van der Waals surface area contributed by atoms with Gasteiger partial charge in [-0.05, 0) is 11.4 Å². The number of aliphatic carboxylic acids is 1. The molecule has 0 saturated carbocycles. The van der Waals surface area contributed by atoms with Crippen LogP contribution in [0.2, 0.25) is 0 Å². The Morgan fingerprint density at radius 3 is 2.67 bits per heavy atom. The maximum absolute atomic E-state index is 11.1. The van der Waals surface area contributed by atoms with Gasteiger partial charge in [0.25, 0.3) is 5.78 Å². The van der Waals surface area contributed by atoms with Gasteiger partial charge in [-0.15, -0.1) is 11.3 Å². The molecule has 0 atom stereocenters. The molecule has 0 saturated heterocycles. The molecule has 0 aliphatic carbocycles. The van der Waals surface area contributed by atoms with E-state index in [9.17, 15) is 14.4 Å². The molecule has 78 valence electrons. The lowest BCUT2D eigenvalue weighted by Gasteiger charge is -1.93. The average molecular weight is 226 g/mol. The van der Waals surface area contributed by atoms with E-state index in [2.05, 4.69) is 4.74 Å². The van der Waals surface area contributed by atoms with Gasteiger partial charge >= 0.3 is 11.9 Å². The standard InChI is InChI=1S/C9H6O5S/c10-6(8(11)12)3-4-14-9(13)7-2-1-5-15-7/h1-5H,(H,11,12)/b4-3+. The minimum atomic E-state index is -1.60. The number of esters is 1. The van der Waals surface area contributed by atoms with E-state index in [1.807, 2.05) is 0 Å². The zero-order valence-corrected chi connectivity index (χ0v) is 8.19. The summed E-state index contributed by atoms with van der Waals surface area (Å²) in [4.78, 5) is 32.1. The number of carbonyl (C=O) groups excluding carboxylic acids is 2. The highest BCUT2D eigenvalue weighted by Gasteiger charge is 2.08. The van der Waals surface area contributed by atoms with Gasteiger partial charge in [0.15, 0.2) is 0 Å². The first-order valence-electron chi connectivity index (χ1n) is 3.79. The summed E-state index contributed by atoms with van der Waals surface area (Å²) >= 11 is 1.19. The van der Waals surface area contributed by atoms with Crippen molar-refractivity contribution >= 4 is 29.1 Å². The Morgan fingerprint density at radius 1 is 1.40 bits per heavy atom. The number of thiophene rings is 1. The fraction of sp³-hybridized carbons (Fsp3) is 0. The summed E-state index contributed by atoms with van der Waals surface area (Å²) in [7, 11) is 0. The largest absolute Gasteiger partial charge is 0.475 e. The second-order valence-corrected chi connectivity index (χ2v) is 3.30. The Labute approximate surface area is 88.6 Å². The van der Waals surface area contributed by atoms with Crippen LogP contribution in [-0.4, -0.2) is 22.8 Å². The van der Waals surface area contributed by atoms with Crippen molar-refractivity contribution in [2.24, 2.45) is 0 Å². The normalized spacial score (nSPS) is 10.1. The third-order valence-electron chi connectivity index (χ3n) is 1.33. The van der Waals surface area contributed by atoms with E-state index in [0.717, 1.165) is 6.26 Å². The number of carboxylic acids is 1. The summed E-state index contributed by atoms with van der Waals surface area (Å²) in [5, 5.41) is 9.89. The lowest BCUT2D eigenvalue weighted by atomic mass is 10.4. The van der Waals surface area contributed by atoms with Crippen LogP contribution in [-0.2, 0) is 14.3 Å². The van der Waals surface area contributed by atoms with Crippen molar-refractivity contribution in [3.05, 3.63) is 34.7 Å². The zero-order valence-electron chi connectivity index (χ0n) is 7.38. The smallest absolute Gasteiger partial charge is 0.376 e. The summed E-state index contributed by atoms with van der Waals surface area (Å²) in [5.74, 6) is -3.37. The Kier molecular flexibility index (Phi) is 3.75. The second kappa shape index (κ2) is 5.06. The molecule has 1 heterocycles. The first-order valence-corrected chi connectivity index (χ1v) is 4.67. The summed E-state index contributed by atoms with van der Waals surface area (Å²) in [6.07, 6.45) is 1.44. The van der Waals surface area contributed by atoms with Crippen molar-refractivity contribution in [1.29, 1.82) is 0 Å². The molecule has 1 aromatic rings. The van der Waals surface area contributed by atoms with Crippen molar-refractivity contribution in [2.45, 2.75) is 0 Å². The number of hydrogen-bond donors (Lipinski definition) is 1. The van der Waals surface area contributed by atoms with Crippen molar-refractivity contribution < 1.29 is 24.2 Å². The number of rotatable bonds is 4. The van der Waals surface area contributed by atoms with Gasteiger partial charge in [-0.2, -0.15) is 0 Å². The fourth-order valence-corrected chi connectivity index (χ4v) is 1.29. The predicted octanol–water partition coefficient (Wildman–Crippen LogP) is 1.07. The molecule has 0 bridgehead atoms. The van der Waals surface area contributed by atoms with Gasteiger partial charge in [0.1, 0.15) is 4.88 Å². The molecule has 1 rings (SSSR count). The molecule has 5 nitrogen and oxygen atoms in total. The molecule has 0 spiro atoms. The molecule has 15 heavy (non-hydrogen) atoms. The Bertz CT molecular complexity index is 404. The molecule has 0 fully saturated rings. The van der Waals surface area contributed by atoms with Crippen LogP contribution in [0.1, 0.15) is 9.67 Å². The molecule has 6 heteroatoms. The molecule has 0 aromatic carbocycles. The Balaban J connectivity index is 2.48. The molecular weight excluding hydrogens is 220 g/mol. The highest BCUT2D eigenvalue weighted by molar-refractivity contribution is 7.11. The van der Waals surface area contributed by atoms with Crippen molar-refractivity contribution in [1.82, 2.24) is 0 Å². The molecule has 0 aliphatic heterocycles. The fourth-order valence-electron chi connectivity index (χ4n) is 0.682. The van der Waals surface area contributed by atoms with E-state index in [-0.39, 0.29) is 0 Å². The SMILES string of the molecule is O=C(O)C(=O)/C=C/OC(=O)c1cccs1. The summed E-state index contributed by atoms with van der Waals surface area (Å²) < 4.78 is 4.51. The maximum atomic E-state index is 11.1. The van der Waals surface area contributed by atoms with Crippen molar-refractivity contribution in [2.75, 3.05) is 0 Å². The molecular formula is C9H6O5S. The molecule has 0 amide bonds. The van der Waals surface area contributed by atoms with E-state index in [0.29, 0.717) is 11.0 Å². The highest BCUT2D eigenvalue weighted by atomic mass is 32.1. The third kappa shape index (κ3) is 3.35. The van der Waals surface area contributed by atoms with Gasteiger partial charge in [-0.1, -0.05) is 6.07 Å². The third-order valence-corrected chi connectivity index (χ3v) is 2.18. The second-order valence-electron chi connectivity index (χ2n) is 2.35. The topological polar surface area (TPSA) is 80.7 Å². The van der Waals surface area contributed by atoms with E-state index in [1.165, 1.54) is 11.3 Å². The van der Waals surface area contributed by atoms with E-state index in [1.54, 1.807) is 17.5 Å². The van der Waals surface area contributed by atoms with E-state index >= 15 is 0 Å². The minimum absolute atomic E-state index is 0.377. The monoisotopic (exact) mass is 226 g/mol. The molecule has 0 radical (unpaired) electrons. The number of ether oxygens (including phenoxy) is 1. The van der Waals surface area contributed by atoms with Gasteiger partial charge in [-0.25, -0.2) is 9.59 Å². The Morgan fingerprint density at radius 2 is 2.13 bits per heavy atom. The van der Waals surface area contributed by atoms with E-state index < -0.39 is 17.7 Å². The van der Waals surface area contributed by atoms with Crippen molar-refractivity contribution in [3.63, 3.8) is 0 Å². The zero-order chi connectivity index (χ0) is 11.3. The van der Waals surface area contributed by atoms with Crippen LogP contribution in [0.4, 0.5) is 0 Å². The van der Waals surface area contributed by atoms with E-state index in [4.69, 9.17) is 5.11 Å². The van der Waals surface area contributed by atoms with Crippen LogP contribution in [0.5, 0.6) is 0 Å². The van der Waals surface area contributed by atoms with Crippen LogP contribution in [0.15, 0.2) is 29.9 Å². The molecule has 1 N–H and O–H groups in total. The van der Waals surface area contributed by atoms with Gasteiger partial charge in [-0.3, -0.25) is 4.79 Å². The van der Waals surface area contributed by atoms with Crippen molar-refractivity contribution in [3.8, 4) is 0 Å². The van der Waals surface area contributed by atoms with Crippen LogP contribution in [0.3, 0.4) is 0 Å². The quantitative estimate of drug-likeness (QED) is 0.359. The number of hydrogen-bond acceptors (Lipinski definition) is 5. The first kappa shape index (κ1) is 11.1. The first-order chi connectivity index (χ1) is 7.11. The number of carboxylic acid groups (broad SMARTS) is 1. The van der Waals surface area contributed by atoms with Gasteiger partial charge in [0.2, 0.25) is 0 Å². The summed E-state index contributed by atoms with van der Waals surface area (Å²) in [6.45, 7) is 0. The van der Waals surface area contributed by atoms with Crippen LogP contribution in [0, 0.1) is 0 Å². The van der Waals surface area contributed by atoms with Crippen LogP contribution in [0.25, 0.3) is 0 Å². The molecule has 0 unspecified atom stereocenters. The maximum Gasteiger partial charge on any atom is 0.376 e. The molecule has 0 aliphatic rings. The number of ketones is 1. The lowest BCUT2D eigenvalue weighted by molar-refractivity contribution is -0.146. The van der Waals surface area contributed by atoms with Gasteiger partial charge < -0.3 is 9.84 Å². The van der Waals surface area contributed by atoms with Gasteiger partial charge in [0, 0.05) is 6.08 Å². The van der Waals surface area contributed by atoms with Crippen LogP contribution >= 0.6 is 11.3 Å². The summed E-state index contributed by atoms with van der Waals surface area (Å²) in [6, 6.07) is 3.23. The predicted molar refractivity (Wildman–Crippen MR) is 51.5 cm³/mol.